The van der Waals surface area contributed by atoms with Gasteiger partial charge < -0.3 is 4.90 Å². The van der Waals surface area contributed by atoms with E-state index >= 15 is 0 Å². The molecule has 128 valence electrons. The highest BCUT2D eigenvalue weighted by Gasteiger charge is 2.18. The zero-order chi connectivity index (χ0) is 18.0. The average Bonchev–Trinajstić information content (AvgIpc) is 3.05. The molecule has 5 nitrogen and oxygen atoms in total. The van der Waals surface area contributed by atoms with E-state index in [0.717, 1.165) is 5.65 Å². The zero-order valence-corrected chi connectivity index (χ0v) is 14.6. The molecule has 3 aromatic rings. The number of carbonyl (C=O) groups excluding carboxylic acids is 2. The quantitative estimate of drug-likeness (QED) is 0.671. The lowest BCUT2D eigenvalue weighted by Gasteiger charge is -2.25. The van der Waals surface area contributed by atoms with Crippen molar-refractivity contribution in [1.29, 1.82) is 0 Å². The fourth-order valence-electron chi connectivity index (χ4n) is 2.92. The Morgan fingerprint density at radius 3 is 2.40 bits per heavy atom. The molecule has 0 aliphatic heterocycles. The van der Waals surface area contributed by atoms with E-state index in [4.69, 9.17) is 0 Å². The molecule has 0 N–H and O–H groups in total. The Morgan fingerprint density at radius 1 is 1.08 bits per heavy atom. The summed E-state index contributed by atoms with van der Waals surface area (Å²) in [4.78, 5) is 31.3. The number of hydrogen-bond acceptors (Lipinski definition) is 3. The van der Waals surface area contributed by atoms with Crippen molar-refractivity contribution >= 4 is 17.3 Å². The number of imidazole rings is 1. The third-order valence-corrected chi connectivity index (χ3v) is 4.27. The van der Waals surface area contributed by atoms with Gasteiger partial charge in [0.25, 0.3) is 5.91 Å². The Kier molecular flexibility index (Phi) is 4.65. The number of aromatic nitrogens is 2. The molecule has 1 aromatic carbocycles. The number of pyridine rings is 1. The molecule has 0 radical (unpaired) electrons. The molecule has 5 heteroatoms. The summed E-state index contributed by atoms with van der Waals surface area (Å²) in [7, 11) is 0. The first-order valence-electron chi connectivity index (χ1n) is 8.40. The third-order valence-electron chi connectivity index (χ3n) is 4.27. The number of benzene rings is 1. The molecule has 2 aromatic heterocycles. The van der Waals surface area contributed by atoms with Crippen LogP contribution < -0.4 is 0 Å². The minimum absolute atomic E-state index is 0.0219. The summed E-state index contributed by atoms with van der Waals surface area (Å²) in [6, 6.07) is 12.6. The van der Waals surface area contributed by atoms with E-state index in [0.29, 0.717) is 23.4 Å². The second-order valence-electron chi connectivity index (χ2n) is 6.16. The molecule has 0 saturated heterocycles. The van der Waals surface area contributed by atoms with Crippen molar-refractivity contribution in [1.82, 2.24) is 14.3 Å². The number of nitrogens with zero attached hydrogens (tertiary/aromatic N) is 3. The van der Waals surface area contributed by atoms with Crippen LogP contribution in [0.2, 0.25) is 0 Å². The van der Waals surface area contributed by atoms with Gasteiger partial charge in [-0.15, -0.1) is 0 Å². The summed E-state index contributed by atoms with van der Waals surface area (Å²) >= 11 is 0. The second-order valence-corrected chi connectivity index (χ2v) is 6.16. The monoisotopic (exact) mass is 335 g/mol. The highest BCUT2D eigenvalue weighted by Crippen LogP contribution is 2.15. The van der Waals surface area contributed by atoms with Crippen LogP contribution in [0.5, 0.6) is 0 Å². The van der Waals surface area contributed by atoms with Gasteiger partial charge in [0.2, 0.25) is 5.78 Å². The third kappa shape index (κ3) is 3.18. The van der Waals surface area contributed by atoms with Gasteiger partial charge in [0, 0.05) is 29.9 Å². The molecule has 0 saturated carbocycles. The van der Waals surface area contributed by atoms with Crippen LogP contribution in [-0.2, 0) is 0 Å². The van der Waals surface area contributed by atoms with Gasteiger partial charge in [-0.3, -0.25) is 14.0 Å². The molecule has 0 bridgehead atoms. The van der Waals surface area contributed by atoms with E-state index in [1.165, 1.54) is 0 Å². The Morgan fingerprint density at radius 2 is 1.76 bits per heavy atom. The molecular weight excluding hydrogens is 314 g/mol. The lowest BCUT2D eigenvalue weighted by atomic mass is 10.1. The SMILES string of the molecule is CCN(C(=O)c1ccc(C(=O)c2cnc3ccccn23)cc1)C(C)C. The lowest BCUT2D eigenvalue weighted by molar-refractivity contribution is 0.0716. The number of ketones is 1. The molecule has 0 unspecified atom stereocenters. The maximum absolute atomic E-state index is 12.7. The maximum atomic E-state index is 12.7. The minimum Gasteiger partial charge on any atom is -0.337 e. The van der Waals surface area contributed by atoms with Crippen LogP contribution in [-0.4, -0.2) is 38.6 Å². The van der Waals surface area contributed by atoms with Crippen LogP contribution in [0.4, 0.5) is 0 Å². The largest absolute Gasteiger partial charge is 0.337 e. The van der Waals surface area contributed by atoms with Crippen molar-refractivity contribution in [3.63, 3.8) is 0 Å². The van der Waals surface area contributed by atoms with Crippen LogP contribution in [0.25, 0.3) is 5.65 Å². The molecule has 1 amide bonds. The first-order chi connectivity index (χ1) is 12.0. The zero-order valence-electron chi connectivity index (χ0n) is 14.6. The Labute approximate surface area is 146 Å². The van der Waals surface area contributed by atoms with E-state index in [2.05, 4.69) is 4.98 Å². The van der Waals surface area contributed by atoms with Crippen LogP contribution >= 0.6 is 0 Å². The van der Waals surface area contributed by atoms with Gasteiger partial charge in [0.15, 0.2) is 0 Å². The van der Waals surface area contributed by atoms with Crippen LogP contribution in [0, 0.1) is 0 Å². The average molecular weight is 335 g/mol. The Balaban J connectivity index is 1.87. The van der Waals surface area contributed by atoms with Crippen molar-refractivity contribution in [3.8, 4) is 0 Å². The van der Waals surface area contributed by atoms with Gasteiger partial charge in [0.1, 0.15) is 11.3 Å². The van der Waals surface area contributed by atoms with Gasteiger partial charge >= 0.3 is 0 Å². The van der Waals surface area contributed by atoms with Crippen molar-refractivity contribution in [2.24, 2.45) is 0 Å². The van der Waals surface area contributed by atoms with Crippen LogP contribution in [0.3, 0.4) is 0 Å². The van der Waals surface area contributed by atoms with E-state index < -0.39 is 0 Å². The minimum atomic E-state index is -0.117. The molecule has 0 fully saturated rings. The molecule has 3 rings (SSSR count). The van der Waals surface area contributed by atoms with Crippen molar-refractivity contribution < 1.29 is 9.59 Å². The van der Waals surface area contributed by atoms with Crippen molar-refractivity contribution in [3.05, 3.63) is 71.7 Å². The van der Waals surface area contributed by atoms with E-state index in [1.807, 2.05) is 45.2 Å². The Bertz CT molecular complexity index is 910. The molecule has 0 aliphatic carbocycles. The van der Waals surface area contributed by atoms with Crippen LogP contribution in [0.1, 0.15) is 47.2 Å². The molecule has 0 atom stereocenters. The van der Waals surface area contributed by atoms with Gasteiger partial charge in [-0.25, -0.2) is 4.98 Å². The molecule has 25 heavy (non-hydrogen) atoms. The smallest absolute Gasteiger partial charge is 0.254 e. The van der Waals surface area contributed by atoms with E-state index in [9.17, 15) is 9.59 Å². The van der Waals surface area contributed by atoms with Crippen molar-refractivity contribution in [2.45, 2.75) is 26.8 Å². The molecular formula is C20H21N3O2. The predicted molar refractivity (Wildman–Crippen MR) is 96.9 cm³/mol. The summed E-state index contributed by atoms with van der Waals surface area (Å²) in [6.07, 6.45) is 3.39. The summed E-state index contributed by atoms with van der Waals surface area (Å²) in [5.41, 5.74) is 2.36. The first-order valence-corrected chi connectivity index (χ1v) is 8.40. The first kappa shape index (κ1) is 16.9. The fourth-order valence-corrected chi connectivity index (χ4v) is 2.92. The topological polar surface area (TPSA) is 54.7 Å². The summed E-state index contributed by atoms with van der Waals surface area (Å²) in [6.45, 7) is 6.59. The maximum Gasteiger partial charge on any atom is 0.254 e. The summed E-state index contributed by atoms with van der Waals surface area (Å²) in [5, 5.41) is 0. The molecule has 0 aliphatic rings. The van der Waals surface area contributed by atoms with Gasteiger partial charge in [0.05, 0.1) is 6.20 Å². The van der Waals surface area contributed by atoms with E-state index in [1.54, 1.807) is 39.8 Å². The standard InChI is InChI=1S/C20H21N3O2/c1-4-22(14(2)3)20(25)16-10-8-15(9-11-16)19(24)17-13-21-18-7-5-6-12-23(17)18/h5-14H,4H2,1-3H3. The van der Waals surface area contributed by atoms with Gasteiger partial charge in [-0.1, -0.05) is 18.2 Å². The summed E-state index contributed by atoms with van der Waals surface area (Å²) in [5.74, 6) is -0.139. The van der Waals surface area contributed by atoms with Gasteiger partial charge in [-0.2, -0.15) is 0 Å². The number of amides is 1. The summed E-state index contributed by atoms with van der Waals surface area (Å²) < 4.78 is 1.76. The lowest BCUT2D eigenvalue weighted by Crippen LogP contribution is -2.36. The predicted octanol–water partition coefficient (Wildman–Crippen LogP) is 3.44. The molecule has 2 heterocycles. The van der Waals surface area contributed by atoms with E-state index in [-0.39, 0.29) is 17.7 Å². The number of hydrogen-bond donors (Lipinski definition) is 0. The van der Waals surface area contributed by atoms with Crippen LogP contribution in [0.15, 0.2) is 54.9 Å². The highest BCUT2D eigenvalue weighted by atomic mass is 16.2. The number of fused-ring (bicyclic) bond motifs is 1. The molecule has 0 spiro atoms. The number of carbonyl (C=O) groups is 2. The fraction of sp³-hybridized carbons (Fsp3) is 0.250. The van der Waals surface area contributed by atoms with Gasteiger partial charge in [-0.05, 0) is 45.0 Å². The second kappa shape index (κ2) is 6.89. The Hall–Kier alpha value is -2.95. The number of rotatable bonds is 5. The highest BCUT2D eigenvalue weighted by molar-refractivity contribution is 6.08. The van der Waals surface area contributed by atoms with Crippen molar-refractivity contribution in [2.75, 3.05) is 6.54 Å². The normalized spacial score (nSPS) is 11.0.